The van der Waals surface area contributed by atoms with Crippen LogP contribution in [0.5, 0.6) is 0 Å². The standard InChI is InChI=1S/C26H40O5/c1-16(8-10-18-17(2)14-21(27)30-18)9-11-20-24(3)12-7-13-25(4)22(24)19(15-26(20,5)28)31-23(25)29-6/h8,14,18-20,22-23,28H,7,9-13,15H2,1-6H3/b16-8+/t18?,19-,20+,22+,23?,24+,25+,26+/m0/s1. The van der Waals surface area contributed by atoms with Gasteiger partial charge in [-0.25, -0.2) is 4.79 Å². The van der Waals surface area contributed by atoms with E-state index in [0.717, 1.165) is 44.1 Å². The number of methoxy groups -OCH3 is 1. The van der Waals surface area contributed by atoms with E-state index in [-0.39, 0.29) is 41.2 Å². The van der Waals surface area contributed by atoms with Gasteiger partial charge >= 0.3 is 5.97 Å². The minimum atomic E-state index is -0.753. The first kappa shape index (κ1) is 23.0. The van der Waals surface area contributed by atoms with E-state index < -0.39 is 5.60 Å². The first-order valence-electron chi connectivity index (χ1n) is 12.0. The van der Waals surface area contributed by atoms with E-state index in [4.69, 9.17) is 14.2 Å². The van der Waals surface area contributed by atoms with Crippen molar-refractivity contribution in [2.75, 3.05) is 7.11 Å². The zero-order valence-electron chi connectivity index (χ0n) is 20.1. The summed E-state index contributed by atoms with van der Waals surface area (Å²) < 4.78 is 17.5. The summed E-state index contributed by atoms with van der Waals surface area (Å²) in [5.41, 5.74) is 1.60. The molecule has 2 heterocycles. The molecule has 1 N–H and O–H groups in total. The molecule has 0 aromatic heterocycles. The molecule has 0 bridgehead atoms. The Kier molecular flexibility index (Phi) is 5.94. The smallest absolute Gasteiger partial charge is 0.331 e. The quantitative estimate of drug-likeness (QED) is 0.476. The van der Waals surface area contributed by atoms with Gasteiger partial charge in [-0.2, -0.15) is 0 Å². The molecule has 0 spiro atoms. The largest absolute Gasteiger partial charge is 0.454 e. The van der Waals surface area contributed by atoms with Crippen LogP contribution < -0.4 is 0 Å². The predicted molar refractivity (Wildman–Crippen MR) is 119 cm³/mol. The van der Waals surface area contributed by atoms with E-state index in [1.165, 1.54) is 5.57 Å². The van der Waals surface area contributed by atoms with Gasteiger partial charge in [0, 0.05) is 37.4 Å². The topological polar surface area (TPSA) is 65.0 Å². The summed E-state index contributed by atoms with van der Waals surface area (Å²) >= 11 is 0. The third kappa shape index (κ3) is 3.81. The number of esters is 1. The monoisotopic (exact) mass is 432 g/mol. The molecule has 2 aliphatic carbocycles. The van der Waals surface area contributed by atoms with Gasteiger partial charge in [-0.1, -0.05) is 31.9 Å². The lowest BCUT2D eigenvalue weighted by Crippen LogP contribution is -2.61. The third-order valence-corrected chi connectivity index (χ3v) is 9.06. The second kappa shape index (κ2) is 8.00. The minimum absolute atomic E-state index is 0.0161. The Morgan fingerprint density at radius 1 is 1.29 bits per heavy atom. The highest BCUT2D eigenvalue weighted by Gasteiger charge is 2.68. The van der Waals surface area contributed by atoms with Gasteiger partial charge in [0.05, 0.1) is 11.7 Å². The first-order valence-corrected chi connectivity index (χ1v) is 12.0. The van der Waals surface area contributed by atoms with Gasteiger partial charge in [0.2, 0.25) is 0 Å². The molecule has 31 heavy (non-hydrogen) atoms. The molecule has 0 aromatic carbocycles. The third-order valence-electron chi connectivity index (χ3n) is 9.06. The van der Waals surface area contributed by atoms with Crippen LogP contribution in [0.15, 0.2) is 23.3 Å². The molecule has 4 rings (SSSR count). The van der Waals surface area contributed by atoms with Gasteiger partial charge in [-0.05, 0) is 63.4 Å². The molecule has 5 nitrogen and oxygen atoms in total. The Labute approximate surface area is 187 Å². The maximum Gasteiger partial charge on any atom is 0.331 e. The molecule has 0 amide bonds. The summed E-state index contributed by atoms with van der Waals surface area (Å²) in [6.45, 7) is 10.9. The van der Waals surface area contributed by atoms with Crippen molar-refractivity contribution in [3.05, 3.63) is 23.3 Å². The number of aliphatic hydroxyl groups is 1. The zero-order valence-corrected chi connectivity index (χ0v) is 20.1. The summed E-state index contributed by atoms with van der Waals surface area (Å²) in [5, 5.41) is 11.6. The molecule has 2 saturated carbocycles. The Balaban J connectivity index is 1.49. The van der Waals surface area contributed by atoms with Crippen molar-refractivity contribution in [1.82, 2.24) is 0 Å². The van der Waals surface area contributed by atoms with Crippen molar-refractivity contribution in [1.29, 1.82) is 0 Å². The Morgan fingerprint density at radius 2 is 2.00 bits per heavy atom. The fraction of sp³-hybridized carbons (Fsp3) is 0.808. The summed E-state index contributed by atoms with van der Waals surface area (Å²) in [5.74, 6) is 0.399. The summed E-state index contributed by atoms with van der Waals surface area (Å²) in [6, 6.07) is 0. The lowest BCUT2D eigenvalue weighted by atomic mass is 9.44. The van der Waals surface area contributed by atoms with Crippen molar-refractivity contribution in [2.24, 2.45) is 22.7 Å². The molecule has 5 heteroatoms. The van der Waals surface area contributed by atoms with E-state index in [9.17, 15) is 9.90 Å². The molecule has 2 aliphatic heterocycles. The molecule has 2 unspecified atom stereocenters. The van der Waals surface area contributed by atoms with Crippen LogP contribution in [0.2, 0.25) is 0 Å². The maximum absolute atomic E-state index is 11.6. The second-order valence-corrected chi connectivity index (χ2v) is 11.3. The van der Waals surface area contributed by atoms with Crippen molar-refractivity contribution >= 4 is 5.97 Å². The van der Waals surface area contributed by atoms with Gasteiger partial charge in [-0.3, -0.25) is 0 Å². The number of hydrogen-bond acceptors (Lipinski definition) is 5. The SMILES string of the molecule is COC1O[C@H]2C[C@@](C)(O)[C@H](CC/C(C)=C/CC3OC(=O)C=C3C)[C@@]3(C)CCC[C@]1(C)[C@H]23. The van der Waals surface area contributed by atoms with Gasteiger partial charge in [0.15, 0.2) is 6.29 Å². The summed E-state index contributed by atoms with van der Waals surface area (Å²) in [6.07, 6.45) is 10.3. The highest BCUT2D eigenvalue weighted by Crippen LogP contribution is 2.67. The van der Waals surface area contributed by atoms with Crippen LogP contribution >= 0.6 is 0 Å². The van der Waals surface area contributed by atoms with E-state index in [0.29, 0.717) is 12.3 Å². The molecular weight excluding hydrogens is 392 g/mol. The number of hydrogen-bond donors (Lipinski definition) is 1. The molecular formula is C26H40O5. The minimum Gasteiger partial charge on any atom is -0.454 e. The average molecular weight is 433 g/mol. The number of rotatable bonds is 6. The number of allylic oxidation sites excluding steroid dienone is 1. The highest BCUT2D eigenvalue weighted by atomic mass is 16.7. The van der Waals surface area contributed by atoms with Crippen LogP contribution in [0.3, 0.4) is 0 Å². The van der Waals surface area contributed by atoms with Gasteiger partial charge < -0.3 is 19.3 Å². The van der Waals surface area contributed by atoms with Gasteiger partial charge in [-0.15, -0.1) is 0 Å². The molecule has 0 radical (unpaired) electrons. The highest BCUT2D eigenvalue weighted by molar-refractivity contribution is 5.85. The zero-order chi connectivity index (χ0) is 22.6. The Bertz CT molecular complexity index is 783. The number of carbonyl (C=O) groups excluding carboxylic acids is 1. The van der Waals surface area contributed by atoms with E-state index in [2.05, 4.69) is 26.8 Å². The normalized spacial score (nSPS) is 47.2. The fourth-order valence-electron chi connectivity index (χ4n) is 7.77. The lowest BCUT2D eigenvalue weighted by Gasteiger charge is -2.60. The Hall–Kier alpha value is -1.17. The van der Waals surface area contributed by atoms with Crippen molar-refractivity contribution in [3.63, 3.8) is 0 Å². The van der Waals surface area contributed by atoms with Crippen molar-refractivity contribution in [2.45, 2.75) is 104 Å². The maximum atomic E-state index is 11.6. The van der Waals surface area contributed by atoms with Crippen LogP contribution in [0.25, 0.3) is 0 Å². The number of cyclic esters (lactones) is 1. The first-order chi connectivity index (χ1) is 14.5. The molecule has 0 aromatic rings. The van der Waals surface area contributed by atoms with Crippen LogP contribution in [0.1, 0.15) is 79.6 Å². The molecule has 4 aliphatic rings. The van der Waals surface area contributed by atoms with Crippen LogP contribution in [0, 0.1) is 22.7 Å². The van der Waals surface area contributed by atoms with Crippen LogP contribution in [-0.4, -0.2) is 42.3 Å². The van der Waals surface area contributed by atoms with Crippen LogP contribution in [0.4, 0.5) is 0 Å². The van der Waals surface area contributed by atoms with Crippen molar-refractivity contribution < 1.29 is 24.1 Å². The lowest BCUT2D eigenvalue weighted by molar-refractivity contribution is -0.183. The molecule has 3 fully saturated rings. The fourth-order valence-corrected chi connectivity index (χ4v) is 7.77. The van der Waals surface area contributed by atoms with Crippen molar-refractivity contribution in [3.8, 4) is 0 Å². The van der Waals surface area contributed by atoms with E-state index in [1.807, 2.05) is 13.8 Å². The molecule has 8 atom stereocenters. The summed E-state index contributed by atoms with van der Waals surface area (Å²) in [7, 11) is 1.75. The Morgan fingerprint density at radius 3 is 2.65 bits per heavy atom. The number of ether oxygens (including phenoxy) is 3. The van der Waals surface area contributed by atoms with Crippen LogP contribution in [-0.2, 0) is 19.0 Å². The van der Waals surface area contributed by atoms with E-state index in [1.54, 1.807) is 13.2 Å². The number of carbonyl (C=O) groups is 1. The van der Waals surface area contributed by atoms with Gasteiger partial charge in [0.25, 0.3) is 0 Å². The average Bonchev–Trinajstić information content (AvgIpc) is 3.14. The molecule has 1 saturated heterocycles. The predicted octanol–water partition coefficient (Wildman–Crippen LogP) is 4.93. The second-order valence-electron chi connectivity index (χ2n) is 11.3. The summed E-state index contributed by atoms with van der Waals surface area (Å²) in [4.78, 5) is 11.4. The molecule has 174 valence electrons. The van der Waals surface area contributed by atoms with Gasteiger partial charge in [0.1, 0.15) is 6.10 Å². The van der Waals surface area contributed by atoms with E-state index >= 15 is 0 Å².